The fourth-order valence-corrected chi connectivity index (χ4v) is 3.13. The van der Waals surface area contributed by atoms with Gasteiger partial charge in [-0.15, -0.1) is 0 Å². The van der Waals surface area contributed by atoms with Crippen molar-refractivity contribution >= 4 is 5.78 Å². The van der Waals surface area contributed by atoms with Gasteiger partial charge in [-0.2, -0.15) is 0 Å². The summed E-state index contributed by atoms with van der Waals surface area (Å²) in [6.07, 6.45) is 3.22. The minimum Gasteiger partial charge on any atom is -0.299 e. The van der Waals surface area contributed by atoms with Crippen molar-refractivity contribution in [1.29, 1.82) is 0 Å². The summed E-state index contributed by atoms with van der Waals surface area (Å²) in [5, 5.41) is 0. The summed E-state index contributed by atoms with van der Waals surface area (Å²) in [6, 6.07) is 10.4. The van der Waals surface area contributed by atoms with Crippen molar-refractivity contribution in [2.75, 3.05) is 0 Å². The number of Topliss-reactive ketones (excluding diaryl/α,β-unsaturated/α-hetero) is 1. The molecule has 0 bridgehead atoms. The van der Waals surface area contributed by atoms with E-state index < -0.39 is 0 Å². The van der Waals surface area contributed by atoms with Crippen LogP contribution >= 0.6 is 0 Å². The maximum Gasteiger partial charge on any atom is 0.142 e. The Bertz CT molecular complexity index is 395. The van der Waals surface area contributed by atoms with Crippen molar-refractivity contribution in [2.24, 2.45) is 17.3 Å². The van der Waals surface area contributed by atoms with Crippen molar-refractivity contribution in [3.63, 3.8) is 0 Å². The van der Waals surface area contributed by atoms with Gasteiger partial charge >= 0.3 is 0 Å². The van der Waals surface area contributed by atoms with Crippen molar-refractivity contribution in [3.8, 4) is 0 Å². The van der Waals surface area contributed by atoms with Gasteiger partial charge in [-0.1, -0.05) is 37.3 Å². The van der Waals surface area contributed by atoms with Gasteiger partial charge in [0.2, 0.25) is 0 Å². The Labute approximate surface area is 90.5 Å². The number of benzene rings is 1. The van der Waals surface area contributed by atoms with Crippen molar-refractivity contribution in [1.82, 2.24) is 0 Å². The molecule has 0 amide bonds. The molecule has 1 aromatic carbocycles. The molecule has 0 saturated heterocycles. The molecule has 0 radical (unpaired) electrons. The Morgan fingerprint density at radius 1 is 1.33 bits per heavy atom. The largest absolute Gasteiger partial charge is 0.299 e. The fourth-order valence-electron chi connectivity index (χ4n) is 3.13. The lowest BCUT2D eigenvalue weighted by Crippen LogP contribution is -2.27. The molecule has 0 spiro atoms. The van der Waals surface area contributed by atoms with Gasteiger partial charge in [-0.05, 0) is 30.7 Å². The van der Waals surface area contributed by atoms with Crippen LogP contribution in [-0.4, -0.2) is 5.78 Å². The Balaban J connectivity index is 1.81. The van der Waals surface area contributed by atoms with Gasteiger partial charge in [0.05, 0.1) is 0 Å². The molecule has 2 fully saturated rings. The third-order valence-corrected chi connectivity index (χ3v) is 4.00. The molecular weight excluding hydrogens is 184 g/mol. The predicted octanol–water partition coefficient (Wildman–Crippen LogP) is 2.84. The Morgan fingerprint density at radius 2 is 2.07 bits per heavy atom. The SMILES string of the molecule is C[C@]1(Cc2ccccc2)C[C@@H]2C[C@H]2C1=O. The van der Waals surface area contributed by atoms with E-state index in [1.165, 1.54) is 12.0 Å². The third kappa shape index (κ3) is 1.41. The highest BCUT2D eigenvalue weighted by atomic mass is 16.1. The van der Waals surface area contributed by atoms with Crippen LogP contribution in [0.25, 0.3) is 0 Å². The summed E-state index contributed by atoms with van der Waals surface area (Å²) in [4.78, 5) is 12.1. The standard InChI is InChI=1S/C14H16O/c1-14(8-10-5-3-2-4-6-10)9-11-7-12(11)13(14)15/h2-6,11-12H,7-9H2,1H3/t11-,12+,14-/m0/s1. The molecule has 0 heterocycles. The van der Waals surface area contributed by atoms with E-state index >= 15 is 0 Å². The average Bonchev–Trinajstić information content (AvgIpc) is 2.92. The molecule has 2 aliphatic carbocycles. The van der Waals surface area contributed by atoms with Crippen LogP contribution in [0.5, 0.6) is 0 Å². The fraction of sp³-hybridized carbons (Fsp3) is 0.500. The third-order valence-electron chi connectivity index (χ3n) is 4.00. The molecule has 0 aliphatic heterocycles. The lowest BCUT2D eigenvalue weighted by molar-refractivity contribution is -0.127. The number of carbonyl (C=O) groups is 1. The second-order valence-electron chi connectivity index (χ2n) is 5.39. The summed E-state index contributed by atoms with van der Waals surface area (Å²) in [6.45, 7) is 2.15. The van der Waals surface area contributed by atoms with Gasteiger partial charge in [0.15, 0.2) is 0 Å². The summed E-state index contributed by atoms with van der Waals surface area (Å²) in [5.41, 5.74) is 1.24. The summed E-state index contributed by atoms with van der Waals surface area (Å²) in [5.74, 6) is 1.68. The topological polar surface area (TPSA) is 17.1 Å². The highest BCUT2D eigenvalue weighted by Crippen LogP contribution is 2.58. The zero-order valence-electron chi connectivity index (χ0n) is 9.07. The minimum atomic E-state index is -0.0606. The van der Waals surface area contributed by atoms with E-state index in [2.05, 4.69) is 31.2 Å². The van der Waals surface area contributed by atoms with E-state index in [1.807, 2.05) is 6.07 Å². The summed E-state index contributed by atoms with van der Waals surface area (Å²) in [7, 11) is 0. The molecule has 15 heavy (non-hydrogen) atoms. The van der Waals surface area contributed by atoms with Crippen LogP contribution in [0.4, 0.5) is 0 Å². The monoisotopic (exact) mass is 200 g/mol. The molecule has 2 saturated carbocycles. The summed E-state index contributed by atoms with van der Waals surface area (Å²) >= 11 is 0. The van der Waals surface area contributed by atoms with Crippen LogP contribution in [0, 0.1) is 17.3 Å². The first kappa shape index (κ1) is 9.14. The van der Waals surface area contributed by atoms with Crippen molar-refractivity contribution in [3.05, 3.63) is 35.9 Å². The summed E-state index contributed by atoms with van der Waals surface area (Å²) < 4.78 is 0. The van der Waals surface area contributed by atoms with E-state index in [-0.39, 0.29) is 5.41 Å². The molecule has 3 rings (SSSR count). The zero-order valence-corrected chi connectivity index (χ0v) is 9.07. The number of hydrogen-bond donors (Lipinski definition) is 0. The minimum absolute atomic E-state index is 0.0606. The smallest absolute Gasteiger partial charge is 0.142 e. The van der Waals surface area contributed by atoms with E-state index in [0.29, 0.717) is 11.7 Å². The number of fused-ring (bicyclic) bond motifs is 1. The van der Waals surface area contributed by atoms with Crippen molar-refractivity contribution in [2.45, 2.75) is 26.2 Å². The number of rotatable bonds is 2. The van der Waals surface area contributed by atoms with Gasteiger partial charge < -0.3 is 0 Å². The van der Waals surface area contributed by atoms with Crippen LogP contribution < -0.4 is 0 Å². The Morgan fingerprint density at radius 3 is 2.67 bits per heavy atom. The molecule has 3 atom stereocenters. The first-order valence-corrected chi connectivity index (χ1v) is 5.77. The predicted molar refractivity (Wildman–Crippen MR) is 59.5 cm³/mol. The van der Waals surface area contributed by atoms with Gasteiger partial charge in [-0.25, -0.2) is 0 Å². The molecule has 0 aromatic heterocycles. The quantitative estimate of drug-likeness (QED) is 0.717. The normalized spacial score (nSPS) is 37.8. The molecular formula is C14H16O. The average molecular weight is 200 g/mol. The highest BCUT2D eigenvalue weighted by molar-refractivity contribution is 5.92. The van der Waals surface area contributed by atoms with Gasteiger partial charge in [0.25, 0.3) is 0 Å². The number of ketones is 1. The molecule has 0 unspecified atom stereocenters. The molecule has 78 valence electrons. The molecule has 1 nitrogen and oxygen atoms in total. The highest BCUT2D eigenvalue weighted by Gasteiger charge is 2.58. The van der Waals surface area contributed by atoms with Gasteiger partial charge in [0, 0.05) is 11.3 Å². The lowest BCUT2D eigenvalue weighted by Gasteiger charge is -2.24. The molecule has 0 N–H and O–H groups in total. The first-order valence-electron chi connectivity index (χ1n) is 5.77. The molecule has 2 aliphatic rings. The van der Waals surface area contributed by atoms with E-state index in [9.17, 15) is 4.79 Å². The maximum absolute atomic E-state index is 12.1. The maximum atomic E-state index is 12.1. The second kappa shape index (κ2) is 2.94. The van der Waals surface area contributed by atoms with Crippen LogP contribution in [0.2, 0.25) is 0 Å². The Hall–Kier alpha value is -1.11. The van der Waals surface area contributed by atoms with Crippen LogP contribution in [0.3, 0.4) is 0 Å². The lowest BCUT2D eigenvalue weighted by atomic mass is 9.78. The first-order chi connectivity index (χ1) is 7.19. The van der Waals surface area contributed by atoms with Crippen LogP contribution in [0.15, 0.2) is 30.3 Å². The zero-order chi connectivity index (χ0) is 10.5. The molecule has 1 heteroatoms. The number of carbonyl (C=O) groups excluding carboxylic acids is 1. The van der Waals surface area contributed by atoms with E-state index in [1.54, 1.807) is 0 Å². The van der Waals surface area contributed by atoms with Crippen LogP contribution in [-0.2, 0) is 11.2 Å². The van der Waals surface area contributed by atoms with E-state index in [4.69, 9.17) is 0 Å². The number of hydrogen-bond acceptors (Lipinski definition) is 1. The van der Waals surface area contributed by atoms with Crippen molar-refractivity contribution < 1.29 is 4.79 Å². The van der Waals surface area contributed by atoms with Gasteiger partial charge in [-0.3, -0.25) is 4.79 Å². The second-order valence-corrected chi connectivity index (χ2v) is 5.39. The van der Waals surface area contributed by atoms with Gasteiger partial charge in [0.1, 0.15) is 5.78 Å². The molecule has 1 aromatic rings. The van der Waals surface area contributed by atoms with Crippen LogP contribution in [0.1, 0.15) is 25.3 Å². The Kier molecular flexibility index (Phi) is 1.79. The van der Waals surface area contributed by atoms with E-state index in [0.717, 1.165) is 18.8 Å².